The Kier molecular flexibility index (Phi) is 3.44. The average Bonchev–Trinajstić information content (AvgIpc) is 2.91. The van der Waals surface area contributed by atoms with Crippen molar-refractivity contribution in [1.82, 2.24) is 9.97 Å². The number of rotatable bonds is 2. The summed E-state index contributed by atoms with van der Waals surface area (Å²) in [7, 11) is 0. The van der Waals surface area contributed by atoms with E-state index in [9.17, 15) is 0 Å². The second-order valence-electron chi connectivity index (χ2n) is 4.55. The highest BCUT2D eigenvalue weighted by Crippen LogP contribution is 2.36. The van der Waals surface area contributed by atoms with Crippen molar-refractivity contribution in [3.8, 4) is 17.7 Å². The van der Waals surface area contributed by atoms with Crippen LogP contribution >= 0.6 is 22.6 Å². The molecule has 0 aliphatic heterocycles. The van der Waals surface area contributed by atoms with E-state index in [4.69, 9.17) is 15.7 Å². The van der Waals surface area contributed by atoms with Gasteiger partial charge in [0.05, 0.1) is 26.6 Å². The Labute approximate surface area is 129 Å². The largest absolute Gasteiger partial charge is 0.435 e. The number of benzene rings is 1. The van der Waals surface area contributed by atoms with Gasteiger partial charge < -0.3 is 10.5 Å². The maximum Gasteiger partial charge on any atom is 0.225 e. The number of ether oxygens (including phenoxy) is 1. The van der Waals surface area contributed by atoms with Gasteiger partial charge >= 0.3 is 0 Å². The monoisotopic (exact) mass is 378 g/mol. The van der Waals surface area contributed by atoms with Gasteiger partial charge in [0.15, 0.2) is 5.75 Å². The van der Waals surface area contributed by atoms with Crippen molar-refractivity contribution in [2.24, 2.45) is 0 Å². The summed E-state index contributed by atoms with van der Waals surface area (Å²) < 4.78 is 6.69. The maximum atomic E-state index is 8.92. The molecule has 0 saturated carbocycles. The van der Waals surface area contributed by atoms with Gasteiger partial charge in [-0.15, -0.1) is 0 Å². The Morgan fingerprint density at radius 2 is 2.15 bits per heavy atom. The van der Waals surface area contributed by atoms with Gasteiger partial charge in [0.1, 0.15) is 6.33 Å². The van der Waals surface area contributed by atoms with Crippen molar-refractivity contribution in [3.05, 3.63) is 38.9 Å². The lowest BCUT2D eigenvalue weighted by Gasteiger charge is -2.12. The van der Waals surface area contributed by atoms with Crippen LogP contribution < -0.4 is 10.5 Å². The summed E-state index contributed by atoms with van der Waals surface area (Å²) >= 11 is 2.11. The van der Waals surface area contributed by atoms with Gasteiger partial charge in [0.25, 0.3) is 0 Å². The maximum absolute atomic E-state index is 8.92. The summed E-state index contributed by atoms with van der Waals surface area (Å²) in [6.07, 6.45) is 4.49. The molecule has 100 valence electrons. The molecule has 1 aliphatic carbocycles. The molecular formula is C14H11IN4O. The third-order valence-corrected chi connectivity index (χ3v) is 4.04. The molecular weight excluding hydrogens is 367 g/mol. The van der Waals surface area contributed by atoms with Crippen LogP contribution in [0.15, 0.2) is 18.5 Å². The number of nitrogen functional groups attached to an aromatic ring is 1. The Hall–Kier alpha value is -1.88. The second-order valence-corrected chi connectivity index (χ2v) is 5.71. The molecule has 0 saturated heterocycles. The third-order valence-electron chi connectivity index (χ3n) is 3.24. The molecule has 1 heterocycles. The molecule has 0 radical (unpaired) electrons. The Balaban J connectivity index is 2.01. The zero-order valence-corrected chi connectivity index (χ0v) is 12.7. The van der Waals surface area contributed by atoms with Crippen molar-refractivity contribution in [2.45, 2.75) is 19.3 Å². The first-order chi connectivity index (χ1) is 9.69. The van der Waals surface area contributed by atoms with E-state index < -0.39 is 0 Å². The summed E-state index contributed by atoms with van der Waals surface area (Å²) in [6, 6.07) is 5.43. The Bertz CT molecular complexity index is 701. The van der Waals surface area contributed by atoms with Gasteiger partial charge in [-0.2, -0.15) is 5.26 Å². The van der Waals surface area contributed by atoms with E-state index in [0.717, 1.165) is 34.1 Å². The summed E-state index contributed by atoms with van der Waals surface area (Å²) in [5.74, 6) is 1.12. The molecule has 0 amide bonds. The fourth-order valence-corrected chi connectivity index (χ4v) is 3.06. The minimum atomic E-state index is 0.443. The predicted molar refractivity (Wildman–Crippen MR) is 82.4 cm³/mol. The number of aromatic nitrogens is 2. The summed E-state index contributed by atoms with van der Waals surface area (Å²) in [4.78, 5) is 8.48. The van der Waals surface area contributed by atoms with Crippen LogP contribution in [0.4, 0.5) is 5.69 Å². The number of fused-ring (bicyclic) bond motifs is 1. The van der Waals surface area contributed by atoms with E-state index in [1.165, 1.54) is 6.33 Å². The van der Waals surface area contributed by atoms with Crippen molar-refractivity contribution in [1.29, 1.82) is 5.26 Å². The van der Waals surface area contributed by atoms with E-state index in [-0.39, 0.29) is 0 Å². The summed E-state index contributed by atoms with van der Waals surface area (Å²) in [5, 5.41) is 8.92. The molecule has 2 N–H and O–H groups in total. The van der Waals surface area contributed by atoms with Crippen molar-refractivity contribution in [2.75, 3.05) is 5.73 Å². The van der Waals surface area contributed by atoms with E-state index in [1.807, 2.05) is 0 Å². The number of halogens is 1. The zero-order valence-electron chi connectivity index (χ0n) is 10.6. The van der Waals surface area contributed by atoms with E-state index >= 15 is 0 Å². The number of nitrogens with two attached hydrogens (primary N) is 1. The number of hydrogen-bond donors (Lipinski definition) is 1. The normalized spacial score (nSPS) is 12.8. The minimum absolute atomic E-state index is 0.443. The minimum Gasteiger partial charge on any atom is -0.435 e. The summed E-state index contributed by atoms with van der Waals surface area (Å²) in [6.45, 7) is 0. The number of nitrogens with zero attached hydrogens (tertiary/aromatic N) is 3. The lowest BCUT2D eigenvalue weighted by atomic mass is 10.2. The smallest absolute Gasteiger partial charge is 0.225 e. The fourth-order valence-electron chi connectivity index (χ4n) is 2.30. The van der Waals surface area contributed by atoms with Gasteiger partial charge in [-0.1, -0.05) is 0 Å². The van der Waals surface area contributed by atoms with Gasteiger partial charge in [-0.25, -0.2) is 9.97 Å². The van der Waals surface area contributed by atoms with E-state index in [2.05, 4.69) is 38.6 Å². The van der Waals surface area contributed by atoms with Crippen LogP contribution in [0.1, 0.15) is 23.2 Å². The van der Waals surface area contributed by atoms with Gasteiger partial charge in [0.2, 0.25) is 5.88 Å². The standard InChI is InChI=1S/C14H11IN4O/c15-10-4-8(6-16)5-11(17)13(10)20-14-9-2-1-3-12(9)18-7-19-14/h4-5,7H,1-3,17H2. The molecule has 0 atom stereocenters. The molecule has 2 aromatic rings. The zero-order chi connectivity index (χ0) is 14.1. The van der Waals surface area contributed by atoms with Crippen LogP contribution in [0.5, 0.6) is 11.6 Å². The molecule has 0 bridgehead atoms. The highest BCUT2D eigenvalue weighted by molar-refractivity contribution is 14.1. The molecule has 3 rings (SSSR count). The first-order valence-electron chi connectivity index (χ1n) is 6.18. The van der Waals surface area contributed by atoms with E-state index in [1.54, 1.807) is 12.1 Å². The van der Waals surface area contributed by atoms with Gasteiger partial charge in [-0.3, -0.25) is 0 Å². The molecule has 0 fully saturated rings. The second kappa shape index (κ2) is 5.25. The first kappa shape index (κ1) is 13.1. The lowest BCUT2D eigenvalue weighted by molar-refractivity contribution is 0.454. The van der Waals surface area contributed by atoms with Crippen molar-refractivity contribution in [3.63, 3.8) is 0 Å². The van der Waals surface area contributed by atoms with Crippen LogP contribution in [-0.2, 0) is 12.8 Å². The van der Waals surface area contributed by atoms with Crippen LogP contribution in [-0.4, -0.2) is 9.97 Å². The van der Waals surface area contributed by atoms with Crippen molar-refractivity contribution < 1.29 is 4.74 Å². The van der Waals surface area contributed by atoms with Gasteiger partial charge in [-0.05, 0) is 54.0 Å². The van der Waals surface area contributed by atoms with Gasteiger partial charge in [0, 0.05) is 5.56 Å². The molecule has 5 nitrogen and oxygen atoms in total. The van der Waals surface area contributed by atoms with Crippen LogP contribution in [0.25, 0.3) is 0 Å². The molecule has 6 heteroatoms. The third kappa shape index (κ3) is 2.29. The first-order valence-corrected chi connectivity index (χ1v) is 7.26. The number of anilines is 1. The van der Waals surface area contributed by atoms with Crippen LogP contribution in [0, 0.1) is 14.9 Å². The highest BCUT2D eigenvalue weighted by atomic mass is 127. The van der Waals surface area contributed by atoms with E-state index in [0.29, 0.717) is 22.9 Å². The molecule has 20 heavy (non-hydrogen) atoms. The Morgan fingerprint density at radius 1 is 1.30 bits per heavy atom. The predicted octanol–water partition coefficient (Wildman–Crippen LogP) is 2.82. The molecule has 1 aromatic heterocycles. The Morgan fingerprint density at radius 3 is 2.90 bits per heavy atom. The lowest BCUT2D eigenvalue weighted by Crippen LogP contribution is -2.01. The topological polar surface area (TPSA) is 84.8 Å². The van der Waals surface area contributed by atoms with Crippen LogP contribution in [0.3, 0.4) is 0 Å². The fraction of sp³-hybridized carbons (Fsp3) is 0.214. The molecule has 0 spiro atoms. The van der Waals surface area contributed by atoms with Crippen LogP contribution in [0.2, 0.25) is 0 Å². The SMILES string of the molecule is N#Cc1cc(N)c(Oc2ncnc3c2CCC3)c(I)c1. The average molecular weight is 378 g/mol. The molecule has 0 unspecified atom stereocenters. The summed E-state index contributed by atoms with van der Waals surface area (Å²) in [5.41, 5.74) is 9.05. The number of nitriles is 1. The molecule has 1 aromatic carbocycles. The number of aryl methyl sites for hydroxylation is 1. The number of hydrogen-bond acceptors (Lipinski definition) is 5. The molecule has 1 aliphatic rings. The quantitative estimate of drug-likeness (QED) is 0.642. The van der Waals surface area contributed by atoms with Crippen molar-refractivity contribution >= 4 is 28.3 Å². The highest BCUT2D eigenvalue weighted by Gasteiger charge is 2.20.